The zero-order valence-corrected chi connectivity index (χ0v) is 20.2. The van der Waals surface area contributed by atoms with Gasteiger partial charge in [-0.15, -0.1) is 0 Å². The predicted molar refractivity (Wildman–Crippen MR) is 133 cm³/mol. The van der Waals surface area contributed by atoms with Crippen molar-refractivity contribution in [1.82, 2.24) is 4.98 Å². The summed E-state index contributed by atoms with van der Waals surface area (Å²) in [6.07, 6.45) is 3.04. The molecule has 3 aromatic rings. The molecule has 7 heteroatoms. The lowest BCUT2D eigenvalue weighted by molar-refractivity contribution is -0.128. The molecule has 1 atom stereocenters. The number of ketones is 1. The summed E-state index contributed by atoms with van der Waals surface area (Å²) in [6, 6.07) is 13.5. The Hall–Kier alpha value is -3.74. The number of nitrogens with zero attached hydrogens (tertiary/aromatic N) is 3. The first-order valence-electron chi connectivity index (χ1n) is 11.5. The SMILES string of the molecule is CCC(F)(F)c1cccc(CC(=O)C2C(=O)N(c3cc(C)cc(-c4ccncc4C)c3)N=C2C)c1. The Bertz CT molecular complexity index is 1330. The molecule has 0 radical (unpaired) electrons. The molecule has 1 amide bonds. The number of benzene rings is 2. The van der Waals surface area contributed by atoms with Crippen LogP contribution in [0.15, 0.2) is 66.0 Å². The average molecular weight is 476 g/mol. The van der Waals surface area contributed by atoms with Crippen LogP contribution in [0.25, 0.3) is 11.1 Å². The molecule has 1 aliphatic heterocycles. The fourth-order valence-electron chi connectivity index (χ4n) is 4.38. The van der Waals surface area contributed by atoms with E-state index in [1.807, 2.05) is 38.1 Å². The minimum absolute atomic E-state index is 0.125. The monoisotopic (exact) mass is 475 g/mol. The van der Waals surface area contributed by atoms with Gasteiger partial charge in [0, 0.05) is 30.8 Å². The molecular weight excluding hydrogens is 448 g/mol. The van der Waals surface area contributed by atoms with Gasteiger partial charge < -0.3 is 0 Å². The number of aryl methyl sites for hydroxylation is 2. The maximum atomic E-state index is 14.1. The van der Waals surface area contributed by atoms with Gasteiger partial charge in [0.05, 0.1) is 11.4 Å². The summed E-state index contributed by atoms with van der Waals surface area (Å²) in [5.74, 6) is -4.82. The quantitative estimate of drug-likeness (QED) is 0.393. The van der Waals surface area contributed by atoms with E-state index >= 15 is 0 Å². The number of hydrogen-bond acceptors (Lipinski definition) is 4. The minimum Gasteiger partial charge on any atom is -0.298 e. The van der Waals surface area contributed by atoms with Gasteiger partial charge in [0.15, 0.2) is 5.78 Å². The second-order valence-corrected chi connectivity index (χ2v) is 8.97. The summed E-state index contributed by atoms with van der Waals surface area (Å²) in [5.41, 5.74) is 5.13. The van der Waals surface area contributed by atoms with Gasteiger partial charge >= 0.3 is 0 Å². The molecule has 0 aliphatic carbocycles. The molecule has 2 heterocycles. The molecule has 0 bridgehead atoms. The van der Waals surface area contributed by atoms with Gasteiger partial charge in [-0.05, 0) is 72.9 Å². The van der Waals surface area contributed by atoms with Gasteiger partial charge in [-0.2, -0.15) is 10.1 Å². The van der Waals surface area contributed by atoms with E-state index in [1.54, 1.807) is 25.4 Å². The van der Waals surface area contributed by atoms with Crippen molar-refractivity contribution in [1.29, 1.82) is 0 Å². The number of aromatic nitrogens is 1. The third kappa shape index (κ3) is 4.90. The molecule has 35 heavy (non-hydrogen) atoms. The second kappa shape index (κ2) is 9.49. The highest BCUT2D eigenvalue weighted by Gasteiger charge is 2.39. The van der Waals surface area contributed by atoms with Gasteiger partial charge in [0.2, 0.25) is 0 Å². The van der Waals surface area contributed by atoms with Crippen LogP contribution in [0.5, 0.6) is 0 Å². The number of carbonyl (C=O) groups excluding carboxylic acids is 2. The first-order chi connectivity index (χ1) is 16.6. The van der Waals surface area contributed by atoms with Crippen LogP contribution in [-0.2, 0) is 21.9 Å². The van der Waals surface area contributed by atoms with Crippen LogP contribution in [0.3, 0.4) is 0 Å². The van der Waals surface area contributed by atoms with Crippen molar-refractivity contribution in [2.75, 3.05) is 5.01 Å². The van der Waals surface area contributed by atoms with E-state index in [-0.39, 0.29) is 24.2 Å². The number of rotatable bonds is 7. The van der Waals surface area contributed by atoms with Crippen molar-refractivity contribution in [2.24, 2.45) is 11.0 Å². The van der Waals surface area contributed by atoms with Crippen LogP contribution >= 0.6 is 0 Å². The lowest BCUT2D eigenvalue weighted by Crippen LogP contribution is -2.33. The van der Waals surface area contributed by atoms with Crippen LogP contribution in [0.2, 0.25) is 0 Å². The molecule has 5 nitrogen and oxygen atoms in total. The normalized spacial score (nSPS) is 15.9. The first kappa shape index (κ1) is 24.4. The maximum Gasteiger partial charge on any atom is 0.273 e. The lowest BCUT2D eigenvalue weighted by atomic mass is 9.92. The summed E-state index contributed by atoms with van der Waals surface area (Å²) < 4.78 is 28.2. The molecular formula is C28H27F2N3O2. The zero-order valence-electron chi connectivity index (χ0n) is 20.2. The van der Waals surface area contributed by atoms with Gasteiger partial charge in [0.25, 0.3) is 11.8 Å². The fraction of sp³-hybridized carbons (Fsp3) is 0.286. The molecule has 1 aliphatic rings. The third-order valence-corrected chi connectivity index (χ3v) is 6.26. The van der Waals surface area contributed by atoms with Crippen molar-refractivity contribution in [3.63, 3.8) is 0 Å². The molecule has 2 aromatic carbocycles. The molecule has 4 rings (SSSR count). The van der Waals surface area contributed by atoms with E-state index in [0.29, 0.717) is 17.0 Å². The molecule has 180 valence electrons. The number of carbonyl (C=O) groups is 2. The Balaban J connectivity index is 1.59. The first-order valence-corrected chi connectivity index (χ1v) is 11.5. The van der Waals surface area contributed by atoms with Crippen molar-refractivity contribution in [2.45, 2.75) is 46.5 Å². The second-order valence-electron chi connectivity index (χ2n) is 8.97. The van der Waals surface area contributed by atoms with E-state index in [0.717, 1.165) is 22.3 Å². The largest absolute Gasteiger partial charge is 0.298 e. The van der Waals surface area contributed by atoms with Gasteiger partial charge in [-0.1, -0.05) is 31.2 Å². The number of halogens is 2. The molecule has 1 aromatic heterocycles. The highest BCUT2D eigenvalue weighted by Crippen LogP contribution is 2.33. The number of pyridine rings is 1. The average Bonchev–Trinajstić information content (AvgIpc) is 3.13. The van der Waals surface area contributed by atoms with Gasteiger partial charge in [-0.25, -0.2) is 8.78 Å². The van der Waals surface area contributed by atoms with Gasteiger partial charge in [-0.3, -0.25) is 14.6 Å². The van der Waals surface area contributed by atoms with Crippen molar-refractivity contribution in [3.8, 4) is 11.1 Å². The van der Waals surface area contributed by atoms with E-state index < -0.39 is 17.7 Å². The molecule has 0 fully saturated rings. The van der Waals surface area contributed by atoms with Crippen LogP contribution in [-0.4, -0.2) is 22.4 Å². The number of hydrogen-bond donors (Lipinski definition) is 0. The summed E-state index contributed by atoms with van der Waals surface area (Å²) in [6.45, 7) is 6.96. The number of hydrazone groups is 1. The fourth-order valence-corrected chi connectivity index (χ4v) is 4.38. The van der Waals surface area contributed by atoms with Crippen LogP contribution in [0.1, 0.15) is 42.5 Å². The number of anilines is 1. The molecule has 0 spiro atoms. The van der Waals surface area contributed by atoms with Crippen molar-refractivity contribution < 1.29 is 18.4 Å². The summed E-state index contributed by atoms with van der Waals surface area (Å²) in [7, 11) is 0. The van der Waals surface area contributed by atoms with E-state index in [4.69, 9.17) is 0 Å². The molecule has 0 saturated heterocycles. The molecule has 0 saturated carbocycles. The van der Waals surface area contributed by atoms with Crippen LogP contribution in [0, 0.1) is 19.8 Å². The Morgan fingerprint density at radius 2 is 1.86 bits per heavy atom. The minimum atomic E-state index is -2.97. The summed E-state index contributed by atoms with van der Waals surface area (Å²) >= 11 is 0. The molecule has 0 N–H and O–H groups in total. The van der Waals surface area contributed by atoms with Crippen LogP contribution in [0.4, 0.5) is 14.5 Å². The number of alkyl halides is 2. The van der Waals surface area contributed by atoms with Crippen molar-refractivity contribution in [3.05, 3.63) is 83.2 Å². The highest BCUT2D eigenvalue weighted by molar-refractivity contribution is 6.27. The topological polar surface area (TPSA) is 62.6 Å². The van der Waals surface area contributed by atoms with Gasteiger partial charge in [0.1, 0.15) is 5.92 Å². The number of amides is 1. The Labute approximate surface area is 203 Å². The predicted octanol–water partition coefficient (Wildman–Crippen LogP) is 6.02. The smallest absolute Gasteiger partial charge is 0.273 e. The van der Waals surface area contributed by atoms with E-state index in [2.05, 4.69) is 10.1 Å². The maximum absolute atomic E-state index is 14.1. The summed E-state index contributed by atoms with van der Waals surface area (Å²) in [5, 5.41) is 5.67. The lowest BCUT2D eigenvalue weighted by Gasteiger charge is -2.17. The highest BCUT2D eigenvalue weighted by atomic mass is 19.3. The van der Waals surface area contributed by atoms with Crippen LogP contribution < -0.4 is 5.01 Å². The Morgan fingerprint density at radius 3 is 2.57 bits per heavy atom. The Kier molecular flexibility index (Phi) is 6.61. The third-order valence-electron chi connectivity index (χ3n) is 6.26. The number of Topliss-reactive ketones (excluding diaryl/α,β-unsaturated/α-hetero) is 1. The van der Waals surface area contributed by atoms with Crippen molar-refractivity contribution >= 4 is 23.1 Å². The van der Waals surface area contributed by atoms with E-state index in [9.17, 15) is 18.4 Å². The Morgan fingerprint density at radius 1 is 1.09 bits per heavy atom. The van der Waals surface area contributed by atoms with E-state index in [1.165, 1.54) is 30.1 Å². The zero-order chi connectivity index (χ0) is 25.3. The standard InChI is InChI=1S/C28H27F2N3O2/c1-5-28(29,30)22-8-6-7-20(13-22)14-25(34)26-19(4)32-33(27(26)35)23-12-17(2)11-21(15-23)24-9-10-31-16-18(24)3/h6-13,15-16,26H,5,14H2,1-4H3. The molecule has 1 unspecified atom stereocenters. The summed E-state index contributed by atoms with van der Waals surface area (Å²) in [4.78, 5) is 30.6.